The van der Waals surface area contributed by atoms with Crippen molar-refractivity contribution < 1.29 is 22.9 Å². The summed E-state index contributed by atoms with van der Waals surface area (Å²) in [4.78, 5) is 41.6. The molecule has 0 aliphatic carbocycles. The number of carbonyl (C=O) groups is 2. The van der Waals surface area contributed by atoms with E-state index >= 15 is 0 Å². The summed E-state index contributed by atoms with van der Waals surface area (Å²) in [5, 5.41) is 16.6. The highest BCUT2D eigenvalue weighted by Gasteiger charge is 2.32. The Hall–Kier alpha value is -4.23. The van der Waals surface area contributed by atoms with Gasteiger partial charge in [-0.05, 0) is 30.3 Å². The summed E-state index contributed by atoms with van der Waals surface area (Å²) in [6.07, 6.45) is 0. The molecular formula is C22H22N6O6S. The van der Waals surface area contributed by atoms with Crippen LogP contribution in [0.2, 0.25) is 0 Å². The van der Waals surface area contributed by atoms with Crippen LogP contribution < -0.4 is 10.6 Å². The summed E-state index contributed by atoms with van der Waals surface area (Å²) in [6, 6.07) is 14.4. The van der Waals surface area contributed by atoms with Crippen LogP contribution in [0.3, 0.4) is 0 Å². The van der Waals surface area contributed by atoms with Gasteiger partial charge in [-0.25, -0.2) is 18.4 Å². The molecule has 2 heterocycles. The zero-order valence-corrected chi connectivity index (χ0v) is 19.7. The topological polar surface area (TPSA) is 164 Å². The van der Waals surface area contributed by atoms with Crippen LogP contribution in [0.4, 0.5) is 17.3 Å². The van der Waals surface area contributed by atoms with Crippen molar-refractivity contribution in [2.75, 3.05) is 10.6 Å². The Morgan fingerprint density at radius 3 is 1.80 bits per heavy atom. The molecule has 0 saturated heterocycles. The number of hydrogen-bond acceptors (Lipinski definition) is 8. The molecule has 2 aromatic heterocycles. The lowest BCUT2D eigenvalue weighted by Gasteiger charge is -2.22. The van der Waals surface area contributed by atoms with Gasteiger partial charge in [0.05, 0.1) is 29.4 Å². The van der Waals surface area contributed by atoms with Gasteiger partial charge in [-0.1, -0.05) is 24.3 Å². The van der Waals surface area contributed by atoms with Crippen molar-refractivity contribution in [3.63, 3.8) is 0 Å². The largest absolute Gasteiger partial charge is 0.311 e. The van der Waals surface area contributed by atoms with Crippen molar-refractivity contribution in [1.82, 2.24) is 14.3 Å². The number of para-hydroxylation sites is 1. The van der Waals surface area contributed by atoms with Crippen LogP contribution in [0.1, 0.15) is 25.2 Å². The Morgan fingerprint density at radius 1 is 0.857 bits per heavy atom. The van der Waals surface area contributed by atoms with Crippen molar-refractivity contribution in [2.45, 2.75) is 31.8 Å². The molecule has 0 bridgehead atoms. The summed E-state index contributed by atoms with van der Waals surface area (Å²) in [6.45, 7) is 2.09. The normalized spacial score (nSPS) is 11.2. The Balaban J connectivity index is 2.05. The molecule has 2 N–H and O–H groups in total. The third-order valence-corrected chi connectivity index (χ3v) is 6.42. The molecule has 3 rings (SSSR count). The second-order valence-corrected chi connectivity index (χ2v) is 9.29. The monoisotopic (exact) mass is 498 g/mol. The smallest absolute Gasteiger partial charge is 0.289 e. The Kier molecular flexibility index (Phi) is 7.83. The van der Waals surface area contributed by atoms with E-state index in [-0.39, 0.29) is 47.9 Å². The van der Waals surface area contributed by atoms with Crippen LogP contribution in [0.15, 0.2) is 65.6 Å². The average molecular weight is 499 g/mol. The fourth-order valence-electron chi connectivity index (χ4n) is 3.19. The number of hydrogen-bond donors (Lipinski definition) is 2. The third-order valence-electron chi connectivity index (χ3n) is 4.58. The average Bonchev–Trinajstić information content (AvgIpc) is 2.78. The van der Waals surface area contributed by atoms with Gasteiger partial charge in [0.15, 0.2) is 4.90 Å². The molecule has 13 heteroatoms. The van der Waals surface area contributed by atoms with Crippen molar-refractivity contribution in [3.8, 4) is 0 Å². The molecule has 0 saturated carbocycles. The summed E-state index contributed by atoms with van der Waals surface area (Å²) in [5.41, 5.74) is 0.00487. The number of pyridine rings is 2. The van der Waals surface area contributed by atoms with Crippen molar-refractivity contribution >= 4 is 39.2 Å². The van der Waals surface area contributed by atoms with Crippen LogP contribution in [0, 0.1) is 10.1 Å². The van der Waals surface area contributed by atoms with E-state index < -0.39 is 25.5 Å². The van der Waals surface area contributed by atoms with Crippen LogP contribution in [0.5, 0.6) is 0 Å². The summed E-state index contributed by atoms with van der Waals surface area (Å²) < 4.78 is 28.2. The van der Waals surface area contributed by atoms with Gasteiger partial charge in [-0.15, -0.1) is 0 Å². The number of amides is 2. The SMILES string of the molecule is CC(=O)Nc1cccc(CN(Cc2cccc(NC(C)=O)n2)S(=O)(=O)c2ccccc2[N+](=O)[O-])n1. The van der Waals surface area contributed by atoms with E-state index in [1.54, 1.807) is 36.4 Å². The van der Waals surface area contributed by atoms with Gasteiger partial charge < -0.3 is 10.6 Å². The highest BCUT2D eigenvalue weighted by Crippen LogP contribution is 2.28. The third kappa shape index (κ3) is 6.65. The van der Waals surface area contributed by atoms with Crippen LogP contribution in [-0.4, -0.2) is 39.4 Å². The predicted octanol–water partition coefficient (Wildman–Crippen LogP) is 2.69. The van der Waals surface area contributed by atoms with Crippen molar-refractivity contribution in [1.29, 1.82) is 0 Å². The van der Waals surface area contributed by atoms with Gasteiger partial charge in [0.1, 0.15) is 11.6 Å². The van der Waals surface area contributed by atoms with Crippen LogP contribution in [0.25, 0.3) is 0 Å². The van der Waals surface area contributed by atoms with Gasteiger partial charge in [-0.2, -0.15) is 4.31 Å². The van der Waals surface area contributed by atoms with E-state index in [1.165, 1.54) is 26.0 Å². The predicted molar refractivity (Wildman–Crippen MR) is 127 cm³/mol. The quantitative estimate of drug-likeness (QED) is 0.336. The van der Waals surface area contributed by atoms with Gasteiger partial charge in [-0.3, -0.25) is 19.7 Å². The van der Waals surface area contributed by atoms with Crippen LogP contribution in [-0.2, 0) is 32.7 Å². The molecule has 0 fully saturated rings. The molecule has 2 amide bonds. The number of aromatic nitrogens is 2. The Morgan fingerprint density at radius 2 is 1.34 bits per heavy atom. The molecule has 0 unspecified atom stereocenters. The molecule has 12 nitrogen and oxygen atoms in total. The summed E-state index contributed by atoms with van der Waals surface area (Å²) in [5.74, 6) is -0.247. The summed E-state index contributed by atoms with van der Waals surface area (Å²) >= 11 is 0. The molecule has 0 aliphatic rings. The number of nitrogens with zero attached hydrogens (tertiary/aromatic N) is 4. The zero-order valence-electron chi connectivity index (χ0n) is 18.8. The van der Waals surface area contributed by atoms with E-state index in [1.807, 2.05) is 0 Å². The second-order valence-electron chi connectivity index (χ2n) is 7.39. The van der Waals surface area contributed by atoms with E-state index in [2.05, 4.69) is 20.6 Å². The van der Waals surface area contributed by atoms with E-state index in [0.29, 0.717) is 0 Å². The molecule has 35 heavy (non-hydrogen) atoms. The fourth-order valence-corrected chi connectivity index (χ4v) is 4.73. The first-order chi connectivity index (χ1) is 16.6. The lowest BCUT2D eigenvalue weighted by Crippen LogP contribution is -2.31. The number of rotatable bonds is 9. The van der Waals surface area contributed by atoms with Gasteiger partial charge >= 0.3 is 0 Å². The molecular weight excluding hydrogens is 476 g/mol. The first kappa shape index (κ1) is 25.4. The van der Waals surface area contributed by atoms with Crippen molar-refractivity contribution in [2.24, 2.45) is 0 Å². The number of nitro benzene ring substituents is 1. The van der Waals surface area contributed by atoms with Gasteiger partial charge in [0.2, 0.25) is 11.8 Å². The standard InChI is InChI=1S/C22H22N6O6S/c1-15(29)23-21-11-5-7-17(25-21)13-27(14-18-8-6-12-22(26-18)24-16(2)30)35(33,34)20-10-4-3-9-19(20)28(31)32/h3-12H,13-14H2,1-2H3,(H,23,25,29)(H,24,26,30). The zero-order chi connectivity index (χ0) is 25.6. The number of anilines is 2. The minimum absolute atomic E-state index is 0.226. The second kappa shape index (κ2) is 10.8. The molecule has 1 aromatic carbocycles. The minimum Gasteiger partial charge on any atom is -0.311 e. The van der Waals surface area contributed by atoms with Crippen LogP contribution >= 0.6 is 0 Å². The number of carbonyl (C=O) groups excluding carboxylic acids is 2. The fraction of sp³-hybridized carbons (Fsp3) is 0.182. The van der Waals surface area contributed by atoms with Crippen molar-refractivity contribution in [3.05, 3.63) is 82.2 Å². The van der Waals surface area contributed by atoms with E-state index in [9.17, 15) is 28.1 Å². The minimum atomic E-state index is -4.41. The maximum atomic E-state index is 13.6. The highest BCUT2D eigenvalue weighted by atomic mass is 32.2. The Labute approximate surface area is 201 Å². The maximum absolute atomic E-state index is 13.6. The lowest BCUT2D eigenvalue weighted by atomic mass is 10.3. The molecule has 3 aromatic rings. The molecule has 0 aliphatic heterocycles. The first-order valence-electron chi connectivity index (χ1n) is 10.3. The number of benzene rings is 1. The molecule has 182 valence electrons. The number of nitro groups is 1. The molecule has 0 spiro atoms. The number of nitrogens with one attached hydrogen (secondary N) is 2. The highest BCUT2D eigenvalue weighted by molar-refractivity contribution is 7.89. The lowest BCUT2D eigenvalue weighted by molar-refractivity contribution is -0.387. The molecule has 0 radical (unpaired) electrons. The number of sulfonamides is 1. The van der Waals surface area contributed by atoms with E-state index in [4.69, 9.17) is 0 Å². The van der Waals surface area contributed by atoms with E-state index in [0.717, 1.165) is 16.4 Å². The first-order valence-corrected chi connectivity index (χ1v) is 11.7. The Bertz CT molecular complexity index is 1320. The van der Waals surface area contributed by atoms with Gasteiger partial charge in [0, 0.05) is 19.9 Å². The molecule has 0 atom stereocenters. The summed E-state index contributed by atoms with van der Waals surface area (Å²) in [7, 11) is -4.41. The maximum Gasteiger partial charge on any atom is 0.289 e. The van der Waals surface area contributed by atoms with Gasteiger partial charge in [0.25, 0.3) is 15.7 Å².